The van der Waals surface area contributed by atoms with Crippen LogP contribution in [0.1, 0.15) is 11.1 Å². The molecular weight excluding hydrogens is 294 g/mol. The number of hydrogen-bond acceptors (Lipinski definition) is 1. The van der Waals surface area contributed by atoms with Gasteiger partial charge < -0.3 is 0 Å². The van der Waals surface area contributed by atoms with Crippen molar-refractivity contribution in [3.8, 4) is 12.3 Å². The van der Waals surface area contributed by atoms with E-state index in [1.807, 2.05) is 5.92 Å². The Labute approximate surface area is 86.5 Å². The van der Waals surface area contributed by atoms with Crippen LogP contribution in [0.5, 0.6) is 0 Å². The van der Waals surface area contributed by atoms with Crippen LogP contribution in [0.2, 0.25) is 0 Å². The Kier molecular flexibility index (Phi) is 2.81. The van der Waals surface area contributed by atoms with E-state index in [4.69, 9.17) is 6.42 Å². The van der Waals surface area contributed by atoms with Crippen LogP contribution in [0, 0.1) is 16.0 Å². The molecular formula is C8H3F3IN. The summed E-state index contributed by atoms with van der Waals surface area (Å²) in [5, 5.41) is 0. The summed E-state index contributed by atoms with van der Waals surface area (Å²) in [6.07, 6.45) is 1.25. The summed E-state index contributed by atoms with van der Waals surface area (Å²) in [6, 6.07) is 1.23. The fourth-order valence-electron chi connectivity index (χ4n) is 0.775. The predicted molar refractivity (Wildman–Crippen MR) is 49.9 cm³/mol. The average Bonchev–Trinajstić information content (AvgIpc) is 2.01. The van der Waals surface area contributed by atoms with Crippen molar-refractivity contribution in [3.05, 3.63) is 27.1 Å². The minimum Gasteiger partial charge on any atom is -0.250 e. The zero-order valence-corrected chi connectivity index (χ0v) is 8.35. The Balaban J connectivity index is 3.32. The predicted octanol–water partition coefficient (Wildman–Crippen LogP) is 2.69. The number of rotatable bonds is 0. The molecule has 1 aromatic rings. The van der Waals surface area contributed by atoms with Gasteiger partial charge in [0.15, 0.2) is 0 Å². The van der Waals surface area contributed by atoms with Crippen molar-refractivity contribution < 1.29 is 13.2 Å². The Morgan fingerprint density at radius 3 is 2.54 bits per heavy atom. The zero-order valence-electron chi connectivity index (χ0n) is 6.19. The van der Waals surface area contributed by atoms with Crippen LogP contribution in [0.3, 0.4) is 0 Å². The van der Waals surface area contributed by atoms with E-state index in [1.54, 1.807) is 22.6 Å². The van der Waals surface area contributed by atoms with Crippen LogP contribution in [-0.2, 0) is 6.18 Å². The lowest BCUT2D eigenvalue weighted by atomic mass is 10.1. The van der Waals surface area contributed by atoms with E-state index >= 15 is 0 Å². The van der Waals surface area contributed by atoms with Crippen molar-refractivity contribution in [3.63, 3.8) is 0 Å². The number of pyridine rings is 1. The van der Waals surface area contributed by atoms with Gasteiger partial charge in [-0.3, -0.25) is 0 Å². The molecule has 1 heterocycles. The van der Waals surface area contributed by atoms with Crippen LogP contribution in [-0.4, -0.2) is 4.98 Å². The maximum absolute atomic E-state index is 12.2. The molecule has 68 valence electrons. The topological polar surface area (TPSA) is 12.9 Å². The number of halogens is 4. The molecule has 5 heteroatoms. The Hall–Kier alpha value is -0.770. The van der Waals surface area contributed by atoms with Crippen molar-refractivity contribution in [1.82, 2.24) is 4.98 Å². The first-order valence-electron chi connectivity index (χ1n) is 3.14. The van der Waals surface area contributed by atoms with E-state index in [9.17, 15) is 13.2 Å². The van der Waals surface area contributed by atoms with Crippen molar-refractivity contribution >= 4 is 22.6 Å². The third kappa shape index (κ3) is 2.34. The number of nitrogens with zero attached hydrogens (tertiary/aromatic N) is 1. The van der Waals surface area contributed by atoms with E-state index in [2.05, 4.69) is 4.98 Å². The molecule has 0 radical (unpaired) electrons. The maximum Gasteiger partial charge on any atom is 0.419 e. The Bertz CT molecular complexity index is 365. The first-order valence-corrected chi connectivity index (χ1v) is 4.22. The highest BCUT2D eigenvalue weighted by molar-refractivity contribution is 14.1. The fraction of sp³-hybridized carbons (Fsp3) is 0.125. The van der Waals surface area contributed by atoms with Crippen LogP contribution in [0.15, 0.2) is 12.3 Å². The molecule has 13 heavy (non-hydrogen) atoms. The minimum atomic E-state index is -4.43. The molecule has 1 nitrogen and oxygen atoms in total. The molecule has 0 aliphatic heterocycles. The van der Waals surface area contributed by atoms with Crippen LogP contribution in [0.25, 0.3) is 0 Å². The number of aromatic nitrogens is 1. The average molecular weight is 297 g/mol. The standard InChI is InChI=1S/C8H3F3IN/c1-2-5-3-7(12)13-4-6(5)8(9,10)11/h1,3-4H. The van der Waals surface area contributed by atoms with E-state index in [0.717, 1.165) is 6.20 Å². The normalized spacial score (nSPS) is 11.0. The summed E-state index contributed by atoms with van der Waals surface area (Å²) in [7, 11) is 0. The maximum atomic E-state index is 12.2. The highest BCUT2D eigenvalue weighted by atomic mass is 127. The third-order valence-corrected chi connectivity index (χ3v) is 1.92. The van der Waals surface area contributed by atoms with Gasteiger partial charge in [0.2, 0.25) is 0 Å². The monoisotopic (exact) mass is 297 g/mol. The van der Waals surface area contributed by atoms with Gasteiger partial charge in [-0.05, 0) is 28.7 Å². The smallest absolute Gasteiger partial charge is 0.250 e. The van der Waals surface area contributed by atoms with Gasteiger partial charge in [-0.1, -0.05) is 5.92 Å². The Morgan fingerprint density at radius 2 is 2.08 bits per heavy atom. The first kappa shape index (κ1) is 10.3. The minimum absolute atomic E-state index is 0.174. The van der Waals surface area contributed by atoms with E-state index in [-0.39, 0.29) is 5.56 Å². The van der Waals surface area contributed by atoms with Gasteiger partial charge in [0.05, 0.1) is 5.56 Å². The molecule has 0 fully saturated rings. The first-order chi connectivity index (χ1) is 5.95. The molecule has 0 atom stereocenters. The molecule has 0 aliphatic carbocycles. The molecule has 1 rings (SSSR count). The van der Waals surface area contributed by atoms with Gasteiger partial charge in [-0.25, -0.2) is 4.98 Å². The van der Waals surface area contributed by atoms with Crippen molar-refractivity contribution in [2.24, 2.45) is 0 Å². The lowest BCUT2D eigenvalue weighted by molar-refractivity contribution is -0.138. The summed E-state index contributed by atoms with van der Waals surface area (Å²) in [4.78, 5) is 3.53. The molecule has 0 saturated heterocycles. The highest BCUT2D eigenvalue weighted by Crippen LogP contribution is 2.31. The van der Waals surface area contributed by atoms with E-state index < -0.39 is 11.7 Å². The van der Waals surface area contributed by atoms with Crippen molar-refractivity contribution in [2.75, 3.05) is 0 Å². The molecule has 0 amide bonds. The highest BCUT2D eigenvalue weighted by Gasteiger charge is 2.33. The molecule has 0 aromatic carbocycles. The van der Waals surface area contributed by atoms with Gasteiger partial charge >= 0.3 is 6.18 Å². The molecule has 0 saturated carbocycles. The molecule has 0 spiro atoms. The molecule has 1 aromatic heterocycles. The number of alkyl halides is 3. The molecule has 0 bridgehead atoms. The third-order valence-electron chi connectivity index (χ3n) is 1.33. The summed E-state index contributed by atoms with van der Waals surface area (Å²) in [6.45, 7) is 0. The van der Waals surface area contributed by atoms with E-state index in [0.29, 0.717) is 3.70 Å². The van der Waals surface area contributed by atoms with Crippen molar-refractivity contribution in [1.29, 1.82) is 0 Å². The van der Waals surface area contributed by atoms with Gasteiger partial charge in [-0.2, -0.15) is 13.2 Å². The number of hydrogen-bond donors (Lipinski definition) is 0. The fourth-order valence-corrected chi connectivity index (χ4v) is 1.23. The van der Waals surface area contributed by atoms with Gasteiger partial charge in [0.25, 0.3) is 0 Å². The quantitative estimate of drug-likeness (QED) is 0.407. The molecule has 0 unspecified atom stereocenters. The van der Waals surface area contributed by atoms with Crippen LogP contribution < -0.4 is 0 Å². The molecule has 0 aliphatic rings. The summed E-state index contributed by atoms with van der Waals surface area (Å²) >= 11 is 1.80. The van der Waals surface area contributed by atoms with Gasteiger partial charge in [-0.15, -0.1) is 6.42 Å². The SMILES string of the molecule is C#Cc1cc(I)ncc1C(F)(F)F. The lowest BCUT2D eigenvalue weighted by Crippen LogP contribution is -2.08. The second-order valence-corrected chi connectivity index (χ2v) is 3.30. The zero-order chi connectivity index (χ0) is 10.1. The van der Waals surface area contributed by atoms with Crippen LogP contribution in [0.4, 0.5) is 13.2 Å². The largest absolute Gasteiger partial charge is 0.419 e. The summed E-state index contributed by atoms with van der Waals surface area (Å²) in [5.74, 6) is 1.98. The second-order valence-electron chi connectivity index (χ2n) is 2.19. The molecule has 0 N–H and O–H groups in total. The van der Waals surface area contributed by atoms with Gasteiger partial charge in [0.1, 0.15) is 3.70 Å². The number of terminal acetylenes is 1. The van der Waals surface area contributed by atoms with E-state index in [1.165, 1.54) is 6.07 Å². The van der Waals surface area contributed by atoms with Gasteiger partial charge in [0, 0.05) is 11.8 Å². The van der Waals surface area contributed by atoms with Crippen LogP contribution >= 0.6 is 22.6 Å². The second kappa shape index (κ2) is 3.54. The van der Waals surface area contributed by atoms with Crippen molar-refractivity contribution in [2.45, 2.75) is 6.18 Å². The Morgan fingerprint density at radius 1 is 1.46 bits per heavy atom. The summed E-state index contributed by atoms with van der Waals surface area (Å²) < 4.78 is 37.1. The lowest BCUT2D eigenvalue weighted by Gasteiger charge is -2.08. The summed E-state index contributed by atoms with van der Waals surface area (Å²) in [5.41, 5.74) is -1.04.